The van der Waals surface area contributed by atoms with E-state index in [1.54, 1.807) is 6.92 Å². The van der Waals surface area contributed by atoms with E-state index in [0.717, 1.165) is 5.06 Å². The first-order valence-corrected chi connectivity index (χ1v) is 3.50. The van der Waals surface area contributed by atoms with Crippen LogP contribution in [0.5, 0.6) is 0 Å². The lowest BCUT2D eigenvalue weighted by atomic mass is 10.5. The maximum absolute atomic E-state index is 10.8. The first-order chi connectivity index (χ1) is 5.24. The SMILES string of the molecule is CCC(=O)ON1CCNC1=O. The van der Waals surface area contributed by atoms with Crippen molar-refractivity contribution in [3.05, 3.63) is 0 Å². The van der Waals surface area contributed by atoms with Gasteiger partial charge in [0.05, 0.1) is 6.54 Å². The maximum atomic E-state index is 10.8. The lowest BCUT2D eigenvalue weighted by Crippen LogP contribution is -2.30. The second kappa shape index (κ2) is 3.23. The zero-order chi connectivity index (χ0) is 8.27. The van der Waals surface area contributed by atoms with Gasteiger partial charge in [-0.1, -0.05) is 6.92 Å². The molecule has 0 aromatic rings. The molecule has 1 heterocycles. The van der Waals surface area contributed by atoms with Gasteiger partial charge in [0.15, 0.2) is 0 Å². The van der Waals surface area contributed by atoms with Crippen LogP contribution < -0.4 is 5.32 Å². The highest BCUT2D eigenvalue weighted by molar-refractivity contribution is 5.77. The van der Waals surface area contributed by atoms with Gasteiger partial charge in [0.2, 0.25) is 0 Å². The highest BCUT2D eigenvalue weighted by Gasteiger charge is 2.22. The van der Waals surface area contributed by atoms with Crippen LogP contribution in [-0.2, 0) is 9.63 Å². The van der Waals surface area contributed by atoms with Crippen LogP contribution in [0.15, 0.2) is 0 Å². The topological polar surface area (TPSA) is 58.6 Å². The summed E-state index contributed by atoms with van der Waals surface area (Å²) in [5, 5.41) is 3.54. The third kappa shape index (κ3) is 1.83. The minimum Gasteiger partial charge on any atom is -0.337 e. The Balaban J connectivity index is 2.36. The van der Waals surface area contributed by atoms with Gasteiger partial charge < -0.3 is 10.2 Å². The van der Waals surface area contributed by atoms with Gasteiger partial charge in [0, 0.05) is 13.0 Å². The number of hydroxylamine groups is 2. The highest BCUT2D eigenvalue weighted by Crippen LogP contribution is 1.98. The molecule has 0 aromatic heterocycles. The Morgan fingerprint density at radius 2 is 2.55 bits per heavy atom. The average Bonchev–Trinajstić information content (AvgIpc) is 2.37. The van der Waals surface area contributed by atoms with Crippen LogP contribution in [0.2, 0.25) is 0 Å². The number of rotatable bonds is 2. The Hall–Kier alpha value is -1.26. The summed E-state index contributed by atoms with van der Waals surface area (Å²) in [6, 6.07) is -0.341. The summed E-state index contributed by atoms with van der Waals surface area (Å²) in [5.41, 5.74) is 0. The Labute approximate surface area is 64.3 Å². The Morgan fingerprint density at radius 3 is 3.00 bits per heavy atom. The number of nitrogens with one attached hydrogen (secondary N) is 1. The summed E-state index contributed by atoms with van der Waals surface area (Å²) in [6.07, 6.45) is 0.282. The van der Waals surface area contributed by atoms with Gasteiger partial charge in [-0.05, 0) is 0 Å². The molecule has 0 atom stereocenters. The molecule has 0 bridgehead atoms. The van der Waals surface area contributed by atoms with E-state index in [2.05, 4.69) is 10.2 Å². The van der Waals surface area contributed by atoms with Crippen molar-refractivity contribution in [3.8, 4) is 0 Å². The number of nitrogens with zero attached hydrogens (tertiary/aromatic N) is 1. The van der Waals surface area contributed by atoms with E-state index in [-0.39, 0.29) is 18.4 Å². The van der Waals surface area contributed by atoms with E-state index < -0.39 is 0 Å². The minimum absolute atomic E-state index is 0.282. The van der Waals surface area contributed by atoms with Gasteiger partial charge in [-0.3, -0.25) is 0 Å². The smallest absolute Gasteiger partial charge is 0.337 e. The summed E-state index contributed by atoms with van der Waals surface area (Å²) in [5.74, 6) is -0.387. The van der Waals surface area contributed by atoms with Crippen LogP contribution in [0.1, 0.15) is 13.3 Å². The van der Waals surface area contributed by atoms with Crippen molar-refractivity contribution in [2.24, 2.45) is 0 Å². The monoisotopic (exact) mass is 158 g/mol. The van der Waals surface area contributed by atoms with E-state index in [4.69, 9.17) is 0 Å². The summed E-state index contributed by atoms with van der Waals surface area (Å²) in [4.78, 5) is 26.1. The normalized spacial score (nSPS) is 16.5. The summed E-state index contributed by atoms with van der Waals surface area (Å²) >= 11 is 0. The Kier molecular flexibility index (Phi) is 2.30. The fraction of sp³-hybridized carbons (Fsp3) is 0.667. The predicted molar refractivity (Wildman–Crippen MR) is 36.5 cm³/mol. The quantitative estimate of drug-likeness (QED) is 0.609. The molecule has 0 unspecified atom stereocenters. The van der Waals surface area contributed by atoms with Gasteiger partial charge in [-0.25, -0.2) is 9.59 Å². The molecule has 1 N–H and O–H groups in total. The van der Waals surface area contributed by atoms with Crippen molar-refractivity contribution in [2.45, 2.75) is 13.3 Å². The first-order valence-electron chi connectivity index (χ1n) is 3.50. The second-order valence-electron chi connectivity index (χ2n) is 2.15. The average molecular weight is 158 g/mol. The molecule has 62 valence electrons. The fourth-order valence-electron chi connectivity index (χ4n) is 0.729. The van der Waals surface area contributed by atoms with E-state index in [1.807, 2.05) is 0 Å². The van der Waals surface area contributed by atoms with Gasteiger partial charge in [0.25, 0.3) is 0 Å². The minimum atomic E-state index is -0.387. The van der Waals surface area contributed by atoms with E-state index >= 15 is 0 Å². The van der Waals surface area contributed by atoms with Crippen molar-refractivity contribution in [2.75, 3.05) is 13.1 Å². The van der Waals surface area contributed by atoms with Crippen LogP contribution in [0, 0.1) is 0 Å². The number of hydrogen-bond donors (Lipinski definition) is 1. The molecule has 2 amide bonds. The molecule has 5 nitrogen and oxygen atoms in total. The molecule has 1 saturated heterocycles. The molecule has 1 aliphatic rings. The van der Waals surface area contributed by atoms with Crippen molar-refractivity contribution in [1.29, 1.82) is 0 Å². The van der Waals surface area contributed by atoms with Gasteiger partial charge >= 0.3 is 12.0 Å². The van der Waals surface area contributed by atoms with Crippen LogP contribution in [0.3, 0.4) is 0 Å². The molecule has 0 spiro atoms. The molecule has 0 aromatic carbocycles. The van der Waals surface area contributed by atoms with Crippen LogP contribution in [-0.4, -0.2) is 30.2 Å². The van der Waals surface area contributed by atoms with Crippen LogP contribution in [0.4, 0.5) is 4.79 Å². The maximum Gasteiger partial charge on any atom is 0.350 e. The number of amides is 2. The van der Waals surface area contributed by atoms with Crippen molar-refractivity contribution in [3.63, 3.8) is 0 Å². The third-order valence-electron chi connectivity index (χ3n) is 1.32. The van der Waals surface area contributed by atoms with Crippen LogP contribution in [0.25, 0.3) is 0 Å². The molecule has 0 aliphatic carbocycles. The predicted octanol–water partition coefficient (Wildman–Crippen LogP) is -0.120. The molecule has 1 rings (SSSR count). The third-order valence-corrected chi connectivity index (χ3v) is 1.32. The van der Waals surface area contributed by atoms with Crippen molar-refractivity contribution < 1.29 is 14.4 Å². The molecule has 1 aliphatic heterocycles. The van der Waals surface area contributed by atoms with Gasteiger partial charge in [-0.2, -0.15) is 5.06 Å². The highest BCUT2D eigenvalue weighted by atomic mass is 16.7. The molecule has 11 heavy (non-hydrogen) atoms. The molecular weight excluding hydrogens is 148 g/mol. The fourth-order valence-corrected chi connectivity index (χ4v) is 0.729. The molecule has 0 radical (unpaired) electrons. The summed E-state index contributed by atoms with van der Waals surface area (Å²) in [6.45, 7) is 2.65. The van der Waals surface area contributed by atoms with E-state index in [9.17, 15) is 9.59 Å². The molecule has 1 fully saturated rings. The Morgan fingerprint density at radius 1 is 1.82 bits per heavy atom. The lowest BCUT2D eigenvalue weighted by Gasteiger charge is -2.11. The first kappa shape index (κ1) is 7.84. The van der Waals surface area contributed by atoms with E-state index in [0.29, 0.717) is 13.1 Å². The zero-order valence-electron chi connectivity index (χ0n) is 6.29. The number of urea groups is 1. The second-order valence-corrected chi connectivity index (χ2v) is 2.15. The van der Waals surface area contributed by atoms with E-state index in [1.165, 1.54) is 0 Å². The number of hydrogen-bond acceptors (Lipinski definition) is 3. The molecule has 5 heteroatoms. The lowest BCUT2D eigenvalue weighted by molar-refractivity contribution is -0.173. The van der Waals surface area contributed by atoms with Crippen molar-refractivity contribution >= 4 is 12.0 Å². The van der Waals surface area contributed by atoms with Gasteiger partial charge in [0.1, 0.15) is 0 Å². The Bertz CT molecular complexity index is 181. The number of carbonyl (C=O) groups is 2. The largest absolute Gasteiger partial charge is 0.350 e. The number of carbonyl (C=O) groups excluding carboxylic acids is 2. The summed E-state index contributed by atoms with van der Waals surface area (Å²) in [7, 11) is 0. The molecule has 0 saturated carbocycles. The zero-order valence-corrected chi connectivity index (χ0v) is 6.29. The van der Waals surface area contributed by atoms with Crippen LogP contribution >= 0.6 is 0 Å². The van der Waals surface area contributed by atoms with Crippen molar-refractivity contribution in [1.82, 2.24) is 10.4 Å². The summed E-state index contributed by atoms with van der Waals surface area (Å²) < 4.78 is 0. The van der Waals surface area contributed by atoms with Gasteiger partial charge in [-0.15, -0.1) is 0 Å². The molecular formula is C6H10N2O3. The standard InChI is InChI=1S/C6H10N2O3/c1-2-5(9)11-8-4-3-7-6(8)10/h2-4H2,1H3,(H,7,10).